The molecule has 0 bridgehead atoms. The van der Waals surface area contributed by atoms with E-state index in [1.807, 2.05) is 24.3 Å². The second-order valence-corrected chi connectivity index (χ2v) is 4.19. The van der Waals surface area contributed by atoms with Gasteiger partial charge in [0.2, 0.25) is 0 Å². The van der Waals surface area contributed by atoms with Crippen molar-refractivity contribution in [1.29, 1.82) is 0 Å². The summed E-state index contributed by atoms with van der Waals surface area (Å²) in [5.74, 6) is 0.535. The van der Waals surface area contributed by atoms with Crippen molar-refractivity contribution in [1.82, 2.24) is 5.32 Å². The molecule has 1 heterocycles. The molecule has 0 fully saturated rings. The van der Waals surface area contributed by atoms with Crippen molar-refractivity contribution in [3.05, 3.63) is 54.0 Å². The minimum atomic E-state index is -0.276. The van der Waals surface area contributed by atoms with Crippen molar-refractivity contribution in [2.45, 2.75) is 6.10 Å². The van der Waals surface area contributed by atoms with Gasteiger partial charge in [-0.25, -0.2) is 0 Å². The number of furan rings is 1. The highest BCUT2D eigenvalue weighted by atomic mass is 16.5. The number of rotatable bonds is 6. The molecule has 1 atom stereocenters. The van der Waals surface area contributed by atoms with Crippen LogP contribution in [0.4, 0.5) is 0 Å². The van der Waals surface area contributed by atoms with Crippen LogP contribution >= 0.6 is 0 Å². The molecule has 1 amide bonds. The van der Waals surface area contributed by atoms with E-state index < -0.39 is 0 Å². The molecule has 0 aliphatic rings. The smallest absolute Gasteiger partial charge is 0.254 e. The molecule has 0 spiro atoms. The van der Waals surface area contributed by atoms with Crippen molar-refractivity contribution >= 4 is 5.91 Å². The Bertz CT molecular complexity index is 551. The van der Waals surface area contributed by atoms with Crippen LogP contribution in [-0.2, 0) is 4.74 Å². The first-order chi connectivity index (χ1) is 9.76. The van der Waals surface area contributed by atoms with Crippen LogP contribution in [0, 0.1) is 0 Å². The van der Waals surface area contributed by atoms with E-state index in [1.54, 1.807) is 20.3 Å². The molecule has 0 unspecified atom stereocenters. The Morgan fingerprint density at radius 1 is 1.30 bits per heavy atom. The van der Waals surface area contributed by atoms with Crippen LogP contribution in [0.1, 0.15) is 22.0 Å². The predicted octanol–water partition coefficient (Wildman–Crippen LogP) is 2.41. The molecule has 106 valence electrons. The second kappa shape index (κ2) is 6.77. The number of hydrogen-bond donors (Lipinski definition) is 1. The van der Waals surface area contributed by atoms with Crippen LogP contribution in [0.2, 0.25) is 0 Å². The summed E-state index contributed by atoms with van der Waals surface area (Å²) in [5, 5.41) is 2.81. The average Bonchev–Trinajstić information content (AvgIpc) is 3.02. The topological polar surface area (TPSA) is 60.7 Å². The van der Waals surface area contributed by atoms with Gasteiger partial charge in [-0.1, -0.05) is 18.2 Å². The molecule has 0 saturated carbocycles. The van der Waals surface area contributed by atoms with Gasteiger partial charge >= 0.3 is 0 Å². The number of hydrogen-bond acceptors (Lipinski definition) is 4. The average molecular weight is 275 g/mol. The summed E-state index contributed by atoms with van der Waals surface area (Å²) in [5.41, 5.74) is 1.38. The molecule has 2 rings (SSSR count). The fourth-order valence-corrected chi connectivity index (χ4v) is 1.93. The molecule has 0 saturated heterocycles. The van der Waals surface area contributed by atoms with Gasteiger partial charge in [0.05, 0.1) is 18.9 Å². The molecule has 0 radical (unpaired) electrons. The molecule has 2 aromatic rings. The van der Waals surface area contributed by atoms with Crippen LogP contribution in [0.15, 0.2) is 47.3 Å². The lowest BCUT2D eigenvalue weighted by atomic mass is 10.1. The third-order valence-corrected chi connectivity index (χ3v) is 3.00. The zero-order chi connectivity index (χ0) is 14.4. The van der Waals surface area contributed by atoms with Crippen molar-refractivity contribution in [3.63, 3.8) is 0 Å². The van der Waals surface area contributed by atoms with Gasteiger partial charge in [-0.15, -0.1) is 0 Å². The quantitative estimate of drug-likeness (QED) is 0.879. The Morgan fingerprint density at radius 2 is 2.10 bits per heavy atom. The molecule has 5 heteroatoms. The SMILES string of the molecule is COc1ccccc1[C@H](CNC(=O)c1ccoc1)OC. The highest BCUT2D eigenvalue weighted by Gasteiger charge is 2.17. The summed E-state index contributed by atoms with van der Waals surface area (Å²) < 4.78 is 15.6. The summed E-state index contributed by atoms with van der Waals surface area (Å²) in [4.78, 5) is 11.9. The van der Waals surface area contributed by atoms with Crippen LogP contribution in [0.5, 0.6) is 5.75 Å². The molecule has 0 aliphatic heterocycles. The first kappa shape index (κ1) is 14.1. The summed E-state index contributed by atoms with van der Waals surface area (Å²) >= 11 is 0. The zero-order valence-electron chi connectivity index (χ0n) is 11.5. The standard InChI is InChI=1S/C15H17NO4/c1-18-13-6-4-3-5-12(13)14(19-2)9-16-15(17)11-7-8-20-10-11/h3-8,10,14H,9H2,1-2H3,(H,16,17)/t14-/m0/s1. The summed E-state index contributed by atoms with van der Waals surface area (Å²) in [6.45, 7) is 0.348. The summed E-state index contributed by atoms with van der Waals surface area (Å²) in [6, 6.07) is 9.18. The fourth-order valence-electron chi connectivity index (χ4n) is 1.93. The zero-order valence-corrected chi connectivity index (χ0v) is 11.5. The van der Waals surface area contributed by atoms with Crippen LogP contribution in [-0.4, -0.2) is 26.7 Å². The van der Waals surface area contributed by atoms with Crippen LogP contribution < -0.4 is 10.1 Å². The van der Waals surface area contributed by atoms with Crippen molar-refractivity contribution in [2.24, 2.45) is 0 Å². The van der Waals surface area contributed by atoms with Gasteiger partial charge in [0.15, 0.2) is 0 Å². The molecule has 20 heavy (non-hydrogen) atoms. The Labute approximate surface area is 117 Å². The summed E-state index contributed by atoms with van der Waals surface area (Å²) in [7, 11) is 3.21. The molecular weight excluding hydrogens is 258 g/mol. The molecule has 0 aliphatic carbocycles. The lowest BCUT2D eigenvalue weighted by Gasteiger charge is -2.18. The maximum Gasteiger partial charge on any atom is 0.254 e. The van der Waals surface area contributed by atoms with Crippen molar-refractivity contribution < 1.29 is 18.7 Å². The van der Waals surface area contributed by atoms with E-state index in [2.05, 4.69) is 5.32 Å². The molecule has 1 aromatic heterocycles. The maximum absolute atomic E-state index is 11.9. The highest BCUT2D eigenvalue weighted by Crippen LogP contribution is 2.26. The Balaban J connectivity index is 2.04. The number of benzene rings is 1. The first-order valence-corrected chi connectivity index (χ1v) is 6.22. The first-order valence-electron chi connectivity index (χ1n) is 6.22. The Hall–Kier alpha value is -2.27. The third kappa shape index (κ3) is 3.19. The van der Waals surface area contributed by atoms with Crippen molar-refractivity contribution in [3.8, 4) is 5.75 Å². The number of para-hydroxylation sites is 1. The number of nitrogens with one attached hydrogen (secondary N) is 1. The largest absolute Gasteiger partial charge is 0.496 e. The van der Waals surface area contributed by atoms with Gasteiger partial charge in [0, 0.05) is 19.2 Å². The third-order valence-electron chi connectivity index (χ3n) is 3.00. The monoisotopic (exact) mass is 275 g/mol. The van der Waals surface area contributed by atoms with E-state index in [4.69, 9.17) is 13.9 Å². The van der Waals surface area contributed by atoms with Gasteiger partial charge < -0.3 is 19.2 Å². The Morgan fingerprint density at radius 3 is 2.75 bits per heavy atom. The van der Waals surface area contributed by atoms with Crippen molar-refractivity contribution in [2.75, 3.05) is 20.8 Å². The van der Waals surface area contributed by atoms with Gasteiger partial charge in [0.1, 0.15) is 18.1 Å². The van der Waals surface area contributed by atoms with E-state index in [-0.39, 0.29) is 12.0 Å². The number of carbonyl (C=O) groups excluding carboxylic acids is 1. The molecule has 1 N–H and O–H groups in total. The second-order valence-electron chi connectivity index (χ2n) is 4.19. The number of amides is 1. The van der Waals surface area contributed by atoms with Crippen LogP contribution in [0.3, 0.4) is 0 Å². The number of ether oxygens (including phenoxy) is 2. The number of methoxy groups -OCH3 is 2. The lowest BCUT2D eigenvalue weighted by molar-refractivity contribution is 0.0818. The van der Waals surface area contributed by atoms with E-state index >= 15 is 0 Å². The minimum Gasteiger partial charge on any atom is -0.496 e. The van der Waals surface area contributed by atoms with Gasteiger partial charge in [-0.3, -0.25) is 4.79 Å². The van der Waals surface area contributed by atoms with Gasteiger partial charge in [0.25, 0.3) is 5.91 Å². The maximum atomic E-state index is 11.9. The Kier molecular flexibility index (Phi) is 4.79. The molecule has 5 nitrogen and oxygen atoms in total. The minimum absolute atomic E-state index is 0.198. The lowest BCUT2D eigenvalue weighted by Crippen LogP contribution is -2.29. The highest BCUT2D eigenvalue weighted by molar-refractivity contribution is 5.93. The number of carbonyl (C=O) groups is 1. The molecular formula is C15H17NO4. The summed E-state index contributed by atoms with van der Waals surface area (Å²) in [6.07, 6.45) is 2.59. The van der Waals surface area contributed by atoms with E-state index in [0.29, 0.717) is 12.1 Å². The van der Waals surface area contributed by atoms with E-state index in [1.165, 1.54) is 12.5 Å². The normalized spacial score (nSPS) is 11.9. The van der Waals surface area contributed by atoms with E-state index in [9.17, 15) is 4.79 Å². The molecule has 1 aromatic carbocycles. The van der Waals surface area contributed by atoms with Gasteiger partial charge in [-0.05, 0) is 12.1 Å². The van der Waals surface area contributed by atoms with Crippen LogP contribution in [0.25, 0.3) is 0 Å². The van der Waals surface area contributed by atoms with E-state index in [0.717, 1.165) is 11.3 Å². The van der Waals surface area contributed by atoms with Gasteiger partial charge in [-0.2, -0.15) is 0 Å². The fraction of sp³-hybridized carbons (Fsp3) is 0.267. The predicted molar refractivity (Wildman–Crippen MR) is 73.8 cm³/mol.